The Labute approximate surface area is 189 Å². The van der Waals surface area contributed by atoms with Crippen molar-refractivity contribution in [1.29, 1.82) is 0 Å². The Morgan fingerprint density at radius 3 is 2.19 bits per heavy atom. The third-order valence-corrected chi connectivity index (χ3v) is 7.19. The second kappa shape index (κ2) is 10.7. The summed E-state index contributed by atoms with van der Waals surface area (Å²) in [5.41, 5.74) is 0. The normalized spacial score (nSPS) is 15.2. The van der Waals surface area contributed by atoms with Gasteiger partial charge in [-0.1, -0.05) is 6.92 Å². The van der Waals surface area contributed by atoms with E-state index in [9.17, 15) is 13.2 Å². The Balaban J connectivity index is 1.58. The van der Waals surface area contributed by atoms with Gasteiger partial charge in [0.25, 0.3) is 0 Å². The van der Waals surface area contributed by atoms with Gasteiger partial charge in [-0.3, -0.25) is 4.79 Å². The third-order valence-electron chi connectivity index (χ3n) is 5.30. The lowest BCUT2D eigenvalue weighted by Crippen LogP contribution is -2.41. The average Bonchev–Trinajstić information content (AvgIpc) is 2.83. The van der Waals surface area contributed by atoms with Crippen LogP contribution in [0.15, 0.2) is 47.4 Å². The highest BCUT2D eigenvalue weighted by Gasteiger charge is 2.33. The number of benzene rings is 2. The molecule has 1 aliphatic rings. The Bertz CT molecular complexity index is 1010. The molecule has 32 heavy (non-hydrogen) atoms. The summed E-state index contributed by atoms with van der Waals surface area (Å²) >= 11 is 0. The van der Waals surface area contributed by atoms with Crippen molar-refractivity contribution in [3.63, 3.8) is 0 Å². The quantitative estimate of drug-likeness (QED) is 0.415. The van der Waals surface area contributed by atoms with E-state index in [1.54, 1.807) is 30.3 Å². The lowest BCUT2D eigenvalue weighted by Gasteiger charge is -2.30. The van der Waals surface area contributed by atoms with E-state index in [4.69, 9.17) is 18.9 Å². The largest absolute Gasteiger partial charge is 0.494 e. The van der Waals surface area contributed by atoms with Crippen molar-refractivity contribution in [1.82, 2.24) is 4.31 Å². The maximum absolute atomic E-state index is 13.0. The first kappa shape index (κ1) is 23.9. The zero-order valence-corrected chi connectivity index (χ0v) is 19.4. The number of nitrogens with zero attached hydrogens (tertiary/aromatic N) is 1. The van der Waals surface area contributed by atoms with Crippen LogP contribution in [-0.4, -0.2) is 52.6 Å². The summed E-state index contributed by atoms with van der Waals surface area (Å²) in [6, 6.07) is 11.4. The lowest BCUT2D eigenvalue weighted by atomic mass is 9.98. The van der Waals surface area contributed by atoms with Gasteiger partial charge in [0.05, 0.1) is 31.6 Å². The van der Waals surface area contributed by atoms with E-state index in [1.165, 1.54) is 30.7 Å². The second-order valence-electron chi connectivity index (χ2n) is 7.44. The molecule has 0 spiro atoms. The van der Waals surface area contributed by atoms with E-state index in [1.807, 2.05) is 6.92 Å². The number of esters is 1. The van der Waals surface area contributed by atoms with Crippen LogP contribution in [0.5, 0.6) is 23.0 Å². The Kier molecular flexibility index (Phi) is 7.98. The molecule has 8 nitrogen and oxygen atoms in total. The van der Waals surface area contributed by atoms with Crippen molar-refractivity contribution in [3.8, 4) is 23.0 Å². The molecular weight excluding hydrogens is 434 g/mol. The van der Waals surface area contributed by atoms with Gasteiger partial charge < -0.3 is 18.9 Å². The maximum atomic E-state index is 13.0. The van der Waals surface area contributed by atoms with Gasteiger partial charge >= 0.3 is 5.97 Å². The summed E-state index contributed by atoms with van der Waals surface area (Å²) in [4.78, 5) is 12.7. The Morgan fingerprint density at radius 2 is 1.59 bits per heavy atom. The van der Waals surface area contributed by atoms with Gasteiger partial charge in [-0.2, -0.15) is 4.31 Å². The van der Waals surface area contributed by atoms with Crippen LogP contribution in [0.2, 0.25) is 0 Å². The van der Waals surface area contributed by atoms with Crippen LogP contribution in [0.4, 0.5) is 0 Å². The fraction of sp³-hybridized carbons (Fsp3) is 0.435. The summed E-state index contributed by atoms with van der Waals surface area (Å²) in [6.45, 7) is 3.13. The minimum absolute atomic E-state index is 0.126. The molecular formula is C23H29NO7S. The molecule has 1 aliphatic heterocycles. The number of carbonyl (C=O) groups excluding carboxylic acids is 1. The van der Waals surface area contributed by atoms with Gasteiger partial charge in [-0.15, -0.1) is 0 Å². The topological polar surface area (TPSA) is 91.4 Å². The molecule has 9 heteroatoms. The molecule has 0 radical (unpaired) electrons. The van der Waals surface area contributed by atoms with Gasteiger partial charge in [-0.05, 0) is 55.7 Å². The number of sulfonamides is 1. The molecule has 174 valence electrons. The number of hydrogen-bond acceptors (Lipinski definition) is 7. The Hall–Kier alpha value is -2.78. The molecule has 1 heterocycles. The van der Waals surface area contributed by atoms with E-state index in [0.717, 1.165) is 12.2 Å². The van der Waals surface area contributed by atoms with Gasteiger partial charge in [0, 0.05) is 19.2 Å². The molecule has 0 atom stereocenters. The van der Waals surface area contributed by atoms with Crippen molar-refractivity contribution in [2.45, 2.75) is 31.1 Å². The molecule has 0 bridgehead atoms. The van der Waals surface area contributed by atoms with Crippen LogP contribution < -0.4 is 18.9 Å². The fourth-order valence-electron chi connectivity index (χ4n) is 3.48. The van der Waals surface area contributed by atoms with E-state index < -0.39 is 10.0 Å². The fourth-order valence-corrected chi connectivity index (χ4v) is 4.97. The van der Waals surface area contributed by atoms with Gasteiger partial charge in [-0.25, -0.2) is 8.42 Å². The predicted octanol–water partition coefficient (Wildman–Crippen LogP) is 3.50. The molecule has 0 amide bonds. The monoisotopic (exact) mass is 463 g/mol. The van der Waals surface area contributed by atoms with Crippen LogP contribution in [-0.2, 0) is 14.8 Å². The minimum Gasteiger partial charge on any atom is -0.494 e. The van der Waals surface area contributed by atoms with Crippen molar-refractivity contribution in [2.24, 2.45) is 5.92 Å². The summed E-state index contributed by atoms with van der Waals surface area (Å²) in [5, 5.41) is 0. The molecule has 0 aliphatic carbocycles. The molecule has 0 unspecified atom stereocenters. The molecule has 2 aromatic rings. The van der Waals surface area contributed by atoms with Crippen molar-refractivity contribution in [3.05, 3.63) is 42.5 Å². The summed E-state index contributed by atoms with van der Waals surface area (Å²) in [5.74, 6) is 1.26. The highest BCUT2D eigenvalue weighted by atomic mass is 32.2. The minimum atomic E-state index is -3.71. The first-order chi connectivity index (χ1) is 15.4. The van der Waals surface area contributed by atoms with Crippen molar-refractivity contribution in [2.75, 3.05) is 33.9 Å². The molecule has 1 saturated heterocycles. The van der Waals surface area contributed by atoms with E-state index >= 15 is 0 Å². The number of piperidine rings is 1. The zero-order chi connectivity index (χ0) is 23.1. The van der Waals surface area contributed by atoms with E-state index in [0.29, 0.717) is 36.7 Å². The average molecular weight is 464 g/mol. The van der Waals surface area contributed by atoms with Crippen LogP contribution in [0, 0.1) is 5.92 Å². The smallest absolute Gasteiger partial charge is 0.314 e. The van der Waals surface area contributed by atoms with Gasteiger partial charge in [0.15, 0.2) is 11.5 Å². The Morgan fingerprint density at radius 1 is 0.969 bits per heavy atom. The highest BCUT2D eigenvalue weighted by molar-refractivity contribution is 7.89. The summed E-state index contributed by atoms with van der Waals surface area (Å²) < 4.78 is 48.8. The number of hydrogen-bond donors (Lipinski definition) is 0. The number of carbonyl (C=O) groups is 1. The number of methoxy groups -OCH3 is 2. The lowest BCUT2D eigenvalue weighted by molar-refractivity contribution is -0.140. The third kappa shape index (κ3) is 5.52. The summed E-state index contributed by atoms with van der Waals surface area (Å²) in [7, 11) is -0.762. The first-order valence-electron chi connectivity index (χ1n) is 10.6. The molecule has 3 rings (SSSR count). The second-order valence-corrected chi connectivity index (χ2v) is 9.37. The SMILES string of the molecule is CCCOc1ccc(OC(=O)C2CCN(S(=O)(=O)c3ccc(OC)c(OC)c3)CC2)cc1. The van der Waals surface area contributed by atoms with Crippen molar-refractivity contribution >= 4 is 16.0 Å². The summed E-state index contributed by atoms with van der Waals surface area (Å²) in [6.07, 6.45) is 1.70. The highest BCUT2D eigenvalue weighted by Crippen LogP contribution is 2.32. The zero-order valence-electron chi connectivity index (χ0n) is 18.6. The first-order valence-corrected chi connectivity index (χ1v) is 12.0. The van der Waals surface area contributed by atoms with Crippen LogP contribution in [0.25, 0.3) is 0 Å². The van der Waals surface area contributed by atoms with Gasteiger partial charge in [0.1, 0.15) is 11.5 Å². The molecule has 2 aromatic carbocycles. The standard InChI is InChI=1S/C23H29NO7S/c1-4-15-30-18-5-7-19(8-6-18)31-23(25)17-11-13-24(14-12-17)32(26,27)20-9-10-21(28-2)22(16-20)29-3/h5-10,16-17H,4,11-15H2,1-3H3. The number of ether oxygens (including phenoxy) is 4. The maximum Gasteiger partial charge on any atom is 0.314 e. The number of rotatable bonds is 9. The molecule has 0 aromatic heterocycles. The van der Waals surface area contributed by atoms with Crippen LogP contribution in [0.1, 0.15) is 26.2 Å². The molecule has 0 N–H and O–H groups in total. The molecule has 1 fully saturated rings. The van der Waals surface area contributed by atoms with Crippen molar-refractivity contribution < 1.29 is 32.2 Å². The molecule has 0 saturated carbocycles. The van der Waals surface area contributed by atoms with E-state index in [-0.39, 0.29) is 29.9 Å². The van der Waals surface area contributed by atoms with Crippen LogP contribution >= 0.6 is 0 Å². The van der Waals surface area contributed by atoms with Crippen LogP contribution in [0.3, 0.4) is 0 Å². The van der Waals surface area contributed by atoms with E-state index in [2.05, 4.69) is 0 Å². The predicted molar refractivity (Wildman–Crippen MR) is 119 cm³/mol. The van der Waals surface area contributed by atoms with Gasteiger partial charge in [0.2, 0.25) is 10.0 Å².